The zero-order chi connectivity index (χ0) is 20.4. The van der Waals surface area contributed by atoms with Crippen molar-refractivity contribution in [2.24, 2.45) is 4.99 Å². The average Bonchev–Trinajstić information content (AvgIpc) is 2.72. The smallest absolute Gasteiger partial charge is 0.203 e. The first-order valence-electron chi connectivity index (χ1n) is 9.18. The molecule has 0 fully saturated rings. The third-order valence-electron chi connectivity index (χ3n) is 4.18. The van der Waals surface area contributed by atoms with E-state index in [9.17, 15) is 0 Å². The Morgan fingerprint density at radius 2 is 1.68 bits per heavy atom. The normalized spacial score (nSPS) is 11.1. The highest BCUT2D eigenvalue weighted by Crippen LogP contribution is 2.39. The molecule has 0 saturated carbocycles. The van der Waals surface area contributed by atoms with Crippen LogP contribution in [-0.2, 0) is 13.0 Å². The third-order valence-corrected chi connectivity index (χ3v) is 4.55. The fourth-order valence-electron chi connectivity index (χ4n) is 2.81. The van der Waals surface area contributed by atoms with Crippen molar-refractivity contribution in [2.75, 3.05) is 34.4 Å². The Kier molecular flexibility index (Phi) is 8.75. The van der Waals surface area contributed by atoms with E-state index < -0.39 is 0 Å². The maximum atomic E-state index is 6.21. The van der Waals surface area contributed by atoms with Crippen LogP contribution in [0.2, 0.25) is 5.02 Å². The van der Waals surface area contributed by atoms with E-state index in [4.69, 9.17) is 25.8 Å². The molecule has 0 aliphatic heterocycles. The van der Waals surface area contributed by atoms with Crippen LogP contribution in [0.4, 0.5) is 0 Å². The minimum absolute atomic E-state index is 0.509. The van der Waals surface area contributed by atoms with Gasteiger partial charge in [0.15, 0.2) is 17.5 Å². The number of nitrogens with one attached hydrogen (secondary N) is 2. The Balaban J connectivity index is 2.04. The molecule has 7 heteroatoms. The number of hydrogen-bond donors (Lipinski definition) is 2. The maximum absolute atomic E-state index is 6.21. The topological polar surface area (TPSA) is 64.1 Å². The Morgan fingerprint density at radius 3 is 2.32 bits per heavy atom. The van der Waals surface area contributed by atoms with Crippen LogP contribution < -0.4 is 24.8 Å². The Hall–Kier alpha value is -2.60. The number of methoxy groups -OCH3 is 3. The lowest BCUT2D eigenvalue weighted by atomic mass is 10.1. The summed E-state index contributed by atoms with van der Waals surface area (Å²) in [4.78, 5) is 4.61. The van der Waals surface area contributed by atoms with Crippen molar-refractivity contribution in [3.05, 3.63) is 52.5 Å². The summed E-state index contributed by atoms with van der Waals surface area (Å²) in [5.41, 5.74) is 2.01. The molecule has 0 aliphatic carbocycles. The van der Waals surface area contributed by atoms with E-state index in [-0.39, 0.29) is 0 Å². The fourth-order valence-corrected chi connectivity index (χ4v) is 3.00. The number of rotatable bonds is 9. The van der Waals surface area contributed by atoms with Crippen molar-refractivity contribution < 1.29 is 14.2 Å². The maximum Gasteiger partial charge on any atom is 0.203 e. The van der Waals surface area contributed by atoms with Gasteiger partial charge in [0.1, 0.15) is 0 Å². The second-order valence-electron chi connectivity index (χ2n) is 5.96. The molecule has 0 radical (unpaired) electrons. The predicted octanol–water partition coefficient (Wildman–Crippen LogP) is 3.66. The molecule has 2 aromatic rings. The first kappa shape index (κ1) is 21.7. The number of aliphatic imine (C=N–C) groups is 1. The summed E-state index contributed by atoms with van der Waals surface area (Å²) < 4.78 is 16.3. The van der Waals surface area contributed by atoms with E-state index in [2.05, 4.69) is 15.6 Å². The van der Waals surface area contributed by atoms with Crippen molar-refractivity contribution in [3.8, 4) is 17.2 Å². The lowest BCUT2D eigenvalue weighted by Crippen LogP contribution is -2.38. The monoisotopic (exact) mass is 405 g/mol. The molecular weight excluding hydrogens is 378 g/mol. The highest BCUT2D eigenvalue weighted by atomic mass is 35.5. The highest BCUT2D eigenvalue weighted by molar-refractivity contribution is 6.31. The van der Waals surface area contributed by atoms with Crippen LogP contribution in [0.3, 0.4) is 0 Å². The third kappa shape index (κ3) is 5.70. The molecule has 0 bridgehead atoms. The Morgan fingerprint density at radius 1 is 0.929 bits per heavy atom. The summed E-state index contributed by atoms with van der Waals surface area (Å²) in [5, 5.41) is 7.31. The van der Waals surface area contributed by atoms with Crippen LogP contribution in [0.1, 0.15) is 18.1 Å². The van der Waals surface area contributed by atoms with E-state index >= 15 is 0 Å². The molecule has 2 aromatic carbocycles. The lowest BCUT2D eigenvalue weighted by molar-refractivity contribution is 0.322. The van der Waals surface area contributed by atoms with Crippen LogP contribution in [0, 0.1) is 0 Å². The molecule has 0 aliphatic rings. The van der Waals surface area contributed by atoms with E-state index in [1.807, 2.05) is 43.3 Å². The van der Waals surface area contributed by atoms with Gasteiger partial charge in [-0.3, -0.25) is 0 Å². The highest BCUT2D eigenvalue weighted by Gasteiger charge is 2.15. The summed E-state index contributed by atoms with van der Waals surface area (Å²) >= 11 is 6.21. The minimum atomic E-state index is 0.509. The van der Waals surface area contributed by atoms with Gasteiger partial charge in [-0.05, 0) is 31.0 Å². The summed E-state index contributed by atoms with van der Waals surface area (Å²) in [6.07, 6.45) is 0.736. The molecule has 0 spiro atoms. The van der Waals surface area contributed by atoms with E-state index in [1.165, 1.54) is 0 Å². The van der Waals surface area contributed by atoms with Crippen LogP contribution in [-0.4, -0.2) is 40.4 Å². The summed E-state index contributed by atoms with van der Waals surface area (Å²) in [6, 6.07) is 11.6. The van der Waals surface area contributed by atoms with Crippen LogP contribution >= 0.6 is 11.6 Å². The molecule has 0 aromatic heterocycles. The van der Waals surface area contributed by atoms with Gasteiger partial charge in [0.25, 0.3) is 0 Å². The van der Waals surface area contributed by atoms with Gasteiger partial charge >= 0.3 is 0 Å². The number of nitrogens with zero attached hydrogens (tertiary/aromatic N) is 1. The zero-order valence-electron chi connectivity index (χ0n) is 16.8. The van der Waals surface area contributed by atoms with E-state index in [0.717, 1.165) is 35.1 Å². The molecule has 2 rings (SSSR count). The number of halogens is 1. The van der Waals surface area contributed by atoms with E-state index in [1.54, 1.807) is 21.3 Å². The molecule has 0 heterocycles. The molecular formula is C21H28ClN3O3. The first-order chi connectivity index (χ1) is 13.6. The van der Waals surface area contributed by atoms with Gasteiger partial charge in [-0.2, -0.15) is 0 Å². The number of guanidine groups is 1. The van der Waals surface area contributed by atoms with Gasteiger partial charge in [0, 0.05) is 23.7 Å². The number of benzene rings is 2. The van der Waals surface area contributed by atoms with E-state index in [0.29, 0.717) is 30.3 Å². The second kappa shape index (κ2) is 11.3. The van der Waals surface area contributed by atoms with Gasteiger partial charge in [-0.1, -0.05) is 35.9 Å². The standard InChI is InChI=1S/C21H28ClN3O3/c1-5-23-21(25-14-16-8-6-7-9-17(16)22)24-13-12-15-10-11-18(26-2)20(28-4)19(15)27-3/h6-11H,5,12-14H2,1-4H3,(H2,23,24,25). The van der Waals surface area contributed by atoms with Crippen LogP contribution in [0.5, 0.6) is 17.2 Å². The molecule has 152 valence electrons. The first-order valence-corrected chi connectivity index (χ1v) is 9.55. The summed E-state index contributed by atoms with van der Waals surface area (Å²) in [7, 11) is 4.84. The van der Waals surface area contributed by atoms with Gasteiger partial charge in [0.05, 0.1) is 27.9 Å². The van der Waals surface area contributed by atoms with Crippen molar-refractivity contribution in [1.29, 1.82) is 0 Å². The summed E-state index contributed by atoms with van der Waals surface area (Å²) in [6.45, 7) is 3.99. The Bertz CT molecular complexity index is 796. The minimum Gasteiger partial charge on any atom is -0.493 e. The molecule has 0 atom stereocenters. The summed E-state index contributed by atoms with van der Waals surface area (Å²) in [5.74, 6) is 2.66. The number of hydrogen-bond acceptors (Lipinski definition) is 4. The van der Waals surface area contributed by atoms with Gasteiger partial charge in [-0.15, -0.1) is 0 Å². The Labute approximate surface area is 171 Å². The molecule has 28 heavy (non-hydrogen) atoms. The van der Waals surface area contributed by atoms with Gasteiger partial charge < -0.3 is 24.8 Å². The SMILES string of the molecule is CCNC(=NCc1ccccc1Cl)NCCc1ccc(OC)c(OC)c1OC. The van der Waals surface area contributed by atoms with Crippen molar-refractivity contribution in [1.82, 2.24) is 10.6 Å². The quantitative estimate of drug-likeness (QED) is 0.492. The van der Waals surface area contributed by atoms with Crippen molar-refractivity contribution in [3.63, 3.8) is 0 Å². The molecule has 2 N–H and O–H groups in total. The lowest BCUT2D eigenvalue weighted by Gasteiger charge is -2.16. The van der Waals surface area contributed by atoms with Crippen molar-refractivity contribution in [2.45, 2.75) is 19.9 Å². The zero-order valence-corrected chi connectivity index (χ0v) is 17.6. The molecule has 0 amide bonds. The van der Waals surface area contributed by atoms with Crippen LogP contribution in [0.15, 0.2) is 41.4 Å². The second-order valence-corrected chi connectivity index (χ2v) is 6.36. The fraction of sp³-hybridized carbons (Fsp3) is 0.381. The largest absolute Gasteiger partial charge is 0.493 e. The van der Waals surface area contributed by atoms with Crippen molar-refractivity contribution >= 4 is 17.6 Å². The van der Waals surface area contributed by atoms with Gasteiger partial charge in [-0.25, -0.2) is 4.99 Å². The molecule has 6 nitrogen and oxygen atoms in total. The van der Waals surface area contributed by atoms with Gasteiger partial charge in [0.2, 0.25) is 5.75 Å². The number of ether oxygens (including phenoxy) is 3. The van der Waals surface area contributed by atoms with Crippen LogP contribution in [0.25, 0.3) is 0 Å². The molecule has 0 saturated heterocycles. The predicted molar refractivity (Wildman–Crippen MR) is 114 cm³/mol. The average molecular weight is 406 g/mol. The molecule has 0 unspecified atom stereocenters.